The SMILES string of the molecule is CCO[P+](=O)[O-].CCO[P+](=O)[O-].CCO[P+](=O)[O-].NC(CO)(CO)CO.[Al+3]. The Labute approximate surface area is 171 Å². The van der Waals surface area contributed by atoms with E-state index in [9.17, 15) is 28.4 Å². The molecule has 0 aromatic carbocycles. The van der Waals surface area contributed by atoms with E-state index in [-0.39, 0.29) is 37.2 Å². The van der Waals surface area contributed by atoms with Crippen LogP contribution in [0.25, 0.3) is 0 Å². The van der Waals surface area contributed by atoms with Gasteiger partial charge in [-0.3, -0.25) is 0 Å². The average molecular weight is 472 g/mol. The van der Waals surface area contributed by atoms with Crippen LogP contribution in [0.4, 0.5) is 0 Å². The zero-order valence-corrected chi connectivity index (χ0v) is 19.1. The van der Waals surface area contributed by atoms with Crippen molar-refractivity contribution in [3.05, 3.63) is 0 Å². The van der Waals surface area contributed by atoms with Gasteiger partial charge in [-0.2, -0.15) is 0 Å². The van der Waals surface area contributed by atoms with Gasteiger partial charge in [-0.15, -0.1) is 13.6 Å². The van der Waals surface area contributed by atoms with Crippen molar-refractivity contribution >= 4 is 42.1 Å². The van der Waals surface area contributed by atoms with E-state index in [1.54, 1.807) is 20.8 Å². The van der Waals surface area contributed by atoms with Gasteiger partial charge in [0.1, 0.15) is 0 Å². The summed E-state index contributed by atoms with van der Waals surface area (Å²) in [6, 6.07) is 0. The molecule has 158 valence electrons. The normalized spacial score (nSPS) is 11.1. The third-order valence-electron chi connectivity index (χ3n) is 1.65. The van der Waals surface area contributed by atoms with Crippen LogP contribution in [0, 0.1) is 0 Å². The Morgan fingerprint density at radius 1 is 0.741 bits per heavy atom. The number of hydrogen-bond donors (Lipinski definition) is 4. The van der Waals surface area contributed by atoms with Crippen LogP contribution < -0.4 is 20.4 Å². The zero-order chi connectivity index (χ0) is 21.6. The average Bonchev–Trinajstić information content (AvgIpc) is 2.55. The molecule has 0 amide bonds. The van der Waals surface area contributed by atoms with Crippen molar-refractivity contribution < 1.29 is 57.3 Å². The van der Waals surface area contributed by atoms with E-state index in [2.05, 4.69) is 13.6 Å². The van der Waals surface area contributed by atoms with E-state index in [1.807, 2.05) is 0 Å². The van der Waals surface area contributed by atoms with Crippen LogP contribution in [0.1, 0.15) is 20.8 Å². The summed E-state index contributed by atoms with van der Waals surface area (Å²) in [6.07, 6.45) is 0. The summed E-state index contributed by atoms with van der Waals surface area (Å²) >= 11 is 0. The number of rotatable bonds is 9. The van der Waals surface area contributed by atoms with E-state index < -0.39 is 50.1 Å². The largest absolute Gasteiger partial charge is 3.00 e. The summed E-state index contributed by atoms with van der Waals surface area (Å²) in [6.45, 7) is 4.34. The summed E-state index contributed by atoms with van der Waals surface area (Å²) in [4.78, 5) is 28.2. The molecule has 3 atom stereocenters. The smallest absolute Gasteiger partial charge is 0.566 e. The number of aliphatic hydroxyl groups is 3. The third-order valence-corrected chi connectivity index (χ3v) is 3.06. The fourth-order valence-electron chi connectivity index (χ4n) is 0.466. The Balaban J connectivity index is -0.0000000794. The first-order valence-electron chi connectivity index (χ1n) is 6.93. The van der Waals surface area contributed by atoms with Gasteiger partial charge in [-0.05, 0) is 34.5 Å². The van der Waals surface area contributed by atoms with Crippen molar-refractivity contribution in [2.24, 2.45) is 5.73 Å². The Morgan fingerprint density at radius 3 is 0.926 bits per heavy atom. The quantitative estimate of drug-likeness (QED) is 0.199. The van der Waals surface area contributed by atoms with Crippen LogP contribution >= 0.6 is 24.8 Å². The van der Waals surface area contributed by atoms with Crippen LogP contribution in [-0.2, 0) is 27.3 Å². The molecule has 5 N–H and O–H groups in total. The van der Waals surface area contributed by atoms with E-state index in [1.165, 1.54) is 0 Å². The molecular formula is C10H26AlNO12P3+3. The van der Waals surface area contributed by atoms with Crippen molar-refractivity contribution in [2.45, 2.75) is 26.3 Å². The predicted octanol–water partition coefficient (Wildman–Crippen LogP) is -2.60. The summed E-state index contributed by atoms with van der Waals surface area (Å²) < 4.78 is 40.2. The minimum Gasteiger partial charge on any atom is -0.566 e. The van der Waals surface area contributed by atoms with Crippen LogP contribution in [0.3, 0.4) is 0 Å². The molecular weight excluding hydrogens is 446 g/mol. The molecule has 0 aliphatic rings. The van der Waals surface area contributed by atoms with Gasteiger partial charge < -0.3 is 35.7 Å². The van der Waals surface area contributed by atoms with Gasteiger partial charge >= 0.3 is 42.1 Å². The molecule has 0 heterocycles. The van der Waals surface area contributed by atoms with Gasteiger partial charge in [0, 0.05) is 0 Å². The third kappa shape index (κ3) is 46.4. The van der Waals surface area contributed by atoms with Crippen molar-refractivity contribution in [2.75, 3.05) is 39.6 Å². The first-order valence-corrected chi connectivity index (χ1v) is 10.2. The zero-order valence-electron chi connectivity index (χ0n) is 15.3. The minimum absolute atomic E-state index is 0. The second kappa shape index (κ2) is 28.6. The molecule has 0 fully saturated rings. The fraction of sp³-hybridized carbons (Fsp3) is 1.00. The maximum absolute atomic E-state index is 9.41. The first-order chi connectivity index (χ1) is 12.0. The molecule has 0 aromatic heterocycles. The molecule has 13 nitrogen and oxygen atoms in total. The van der Waals surface area contributed by atoms with Crippen LogP contribution in [-0.4, -0.2) is 77.9 Å². The van der Waals surface area contributed by atoms with Gasteiger partial charge in [0.25, 0.3) is 0 Å². The Kier molecular flexibility index (Phi) is 40.4. The number of aliphatic hydroxyl groups excluding tert-OH is 3. The Morgan fingerprint density at radius 2 is 0.926 bits per heavy atom. The van der Waals surface area contributed by atoms with Crippen molar-refractivity contribution in [3.8, 4) is 0 Å². The second-order valence-corrected chi connectivity index (χ2v) is 5.88. The van der Waals surface area contributed by atoms with Crippen molar-refractivity contribution in [1.29, 1.82) is 0 Å². The van der Waals surface area contributed by atoms with Gasteiger partial charge in [0.15, 0.2) is 0 Å². The molecule has 0 radical (unpaired) electrons. The van der Waals surface area contributed by atoms with E-state index in [0.29, 0.717) is 0 Å². The topological polar surface area (TPSA) is 235 Å². The molecule has 27 heavy (non-hydrogen) atoms. The molecule has 17 heteroatoms. The molecule has 0 saturated carbocycles. The Bertz CT molecular complexity index is 316. The molecule has 0 aliphatic heterocycles. The molecule has 0 bridgehead atoms. The van der Waals surface area contributed by atoms with Crippen molar-refractivity contribution in [1.82, 2.24) is 0 Å². The maximum atomic E-state index is 9.41. The van der Waals surface area contributed by atoms with Gasteiger partial charge in [-0.25, -0.2) is 0 Å². The summed E-state index contributed by atoms with van der Waals surface area (Å²) in [5.41, 5.74) is 3.94. The van der Waals surface area contributed by atoms with Crippen LogP contribution in [0.2, 0.25) is 0 Å². The van der Waals surface area contributed by atoms with Gasteiger partial charge in [0.2, 0.25) is 0 Å². The molecule has 0 saturated heterocycles. The summed E-state index contributed by atoms with van der Waals surface area (Å²) in [5, 5.41) is 25.0. The monoisotopic (exact) mass is 472 g/mol. The number of nitrogens with two attached hydrogens (primary N) is 1. The molecule has 3 unspecified atom stereocenters. The van der Waals surface area contributed by atoms with Gasteiger partial charge in [-0.1, -0.05) is 0 Å². The summed E-state index contributed by atoms with van der Waals surface area (Å²) in [7, 11) is -7.80. The van der Waals surface area contributed by atoms with Gasteiger partial charge in [0.05, 0.1) is 45.2 Å². The second-order valence-electron chi connectivity index (χ2n) is 3.76. The van der Waals surface area contributed by atoms with E-state index in [4.69, 9.17) is 21.1 Å². The first kappa shape index (κ1) is 38.1. The molecule has 0 aromatic rings. The minimum atomic E-state index is -2.60. The predicted molar refractivity (Wildman–Crippen MR) is 91.6 cm³/mol. The Hall–Kier alpha value is 0.432. The van der Waals surface area contributed by atoms with Crippen molar-refractivity contribution in [3.63, 3.8) is 0 Å². The summed E-state index contributed by atoms with van der Waals surface area (Å²) in [5.74, 6) is 0. The molecule has 0 spiro atoms. The van der Waals surface area contributed by atoms with E-state index in [0.717, 1.165) is 0 Å². The molecule has 0 aliphatic carbocycles. The standard InChI is InChI=1S/C4H11NO3.3C2H5O3P.Al/c5-4(1-6,2-7)3-8;3*1-2-5-6(3)4;/h6-8H,1-3,5H2;3*2H2,1H3;/q;;;;+3. The van der Waals surface area contributed by atoms with E-state index >= 15 is 0 Å². The van der Waals surface area contributed by atoms with Crippen LogP contribution in [0.5, 0.6) is 0 Å². The fourth-order valence-corrected chi connectivity index (χ4v) is 1.10. The molecule has 0 rings (SSSR count). The van der Waals surface area contributed by atoms with Crippen LogP contribution in [0.15, 0.2) is 0 Å². The maximum Gasteiger partial charge on any atom is 3.00 e. The number of hydrogen-bond acceptors (Lipinski definition) is 13.